The van der Waals surface area contributed by atoms with Crippen molar-refractivity contribution in [2.45, 2.75) is 17.2 Å². The number of ether oxygens (including phenoxy) is 1. The smallest absolute Gasteiger partial charge is 0.417 e. The summed E-state index contributed by atoms with van der Waals surface area (Å²) in [6.07, 6.45) is -5.99. The Morgan fingerprint density at radius 1 is 1.17 bits per heavy atom. The number of pyridine rings is 1. The Morgan fingerprint density at radius 2 is 1.83 bits per heavy atom. The van der Waals surface area contributed by atoms with Crippen LogP contribution < -0.4 is 9.41 Å². The predicted octanol–water partition coefficient (Wildman–Crippen LogP) is 4.56. The summed E-state index contributed by atoms with van der Waals surface area (Å²) >= 11 is 11.6. The Hall–Kier alpha value is -2.97. The highest BCUT2D eigenvalue weighted by Crippen LogP contribution is 2.39. The molecular weight excluding hydrogens is 550 g/mol. The zero-order chi connectivity index (χ0) is 26.8. The van der Waals surface area contributed by atoms with Gasteiger partial charge < -0.3 is 9.84 Å². The predicted molar refractivity (Wildman–Crippen MR) is 122 cm³/mol. The van der Waals surface area contributed by atoms with Gasteiger partial charge in [-0.15, -0.1) is 0 Å². The number of alkyl halides is 3. The lowest BCUT2D eigenvalue weighted by Gasteiger charge is -2.30. The first kappa shape index (κ1) is 27.6. The molecule has 0 aliphatic rings. The Morgan fingerprint density at radius 3 is 2.44 bits per heavy atom. The van der Waals surface area contributed by atoms with E-state index in [4.69, 9.17) is 27.9 Å². The summed E-state index contributed by atoms with van der Waals surface area (Å²) in [7, 11) is -3.71. The van der Waals surface area contributed by atoms with E-state index in [-0.39, 0.29) is 10.6 Å². The minimum absolute atomic E-state index is 0.119. The number of nitro benzene ring substituents is 1. The Balaban J connectivity index is 2.22. The molecule has 0 aliphatic carbocycles. The van der Waals surface area contributed by atoms with E-state index in [1.807, 2.05) is 0 Å². The van der Waals surface area contributed by atoms with Crippen LogP contribution in [0.2, 0.25) is 10.0 Å². The maximum atomic E-state index is 13.5. The molecule has 2 aromatic carbocycles. The number of nitro groups is 1. The molecule has 0 fully saturated rings. The second kappa shape index (κ2) is 10.6. The van der Waals surface area contributed by atoms with Crippen LogP contribution in [-0.4, -0.2) is 32.2 Å². The Labute approximate surface area is 212 Å². The summed E-state index contributed by atoms with van der Waals surface area (Å²) in [4.78, 5) is 13.7. The minimum Gasteiger partial charge on any atom is -0.844 e. The van der Waals surface area contributed by atoms with Gasteiger partial charge in [0.2, 0.25) is 0 Å². The topological polar surface area (TPSA) is 126 Å². The normalized spacial score (nSPS) is 12.9. The summed E-state index contributed by atoms with van der Waals surface area (Å²) in [6, 6.07) is 7.98. The van der Waals surface area contributed by atoms with E-state index in [9.17, 15) is 36.8 Å². The van der Waals surface area contributed by atoms with E-state index in [1.165, 1.54) is 18.2 Å². The average Bonchev–Trinajstić information content (AvgIpc) is 2.81. The van der Waals surface area contributed by atoms with Crippen molar-refractivity contribution in [1.29, 1.82) is 0 Å². The van der Waals surface area contributed by atoms with Gasteiger partial charge in [-0.2, -0.15) is 13.2 Å². The number of para-hydroxylation sites is 1. The third kappa shape index (κ3) is 5.55. The SMILES string of the molecule is COCN(c1cc(Cl)cnc1C([O-])c1ccccc1[N+](=O)[O-])S(=O)(=O)c1ccc(Cl)c(C(F)(F)F)c1. The van der Waals surface area contributed by atoms with Gasteiger partial charge in [0, 0.05) is 24.9 Å². The van der Waals surface area contributed by atoms with E-state index < -0.39 is 66.5 Å². The number of methoxy groups -OCH3 is 1. The molecule has 1 atom stereocenters. The van der Waals surface area contributed by atoms with Crippen molar-refractivity contribution in [2.75, 3.05) is 18.1 Å². The number of nitrogens with zero attached hydrogens (tertiary/aromatic N) is 3. The van der Waals surface area contributed by atoms with Crippen LogP contribution in [-0.2, 0) is 20.9 Å². The molecule has 36 heavy (non-hydrogen) atoms. The van der Waals surface area contributed by atoms with E-state index in [1.54, 1.807) is 0 Å². The lowest BCUT2D eigenvalue weighted by atomic mass is 10.0. The van der Waals surface area contributed by atoms with Crippen LogP contribution in [0.15, 0.2) is 59.6 Å². The second-order valence-electron chi connectivity index (χ2n) is 7.16. The van der Waals surface area contributed by atoms with E-state index >= 15 is 0 Å². The van der Waals surface area contributed by atoms with Gasteiger partial charge in [-0.05, 0) is 30.4 Å². The van der Waals surface area contributed by atoms with Gasteiger partial charge in [0.1, 0.15) is 6.73 Å². The van der Waals surface area contributed by atoms with Gasteiger partial charge in [0.05, 0.1) is 36.8 Å². The summed E-state index contributed by atoms with van der Waals surface area (Å²) in [5, 5.41) is 23.9. The van der Waals surface area contributed by atoms with Crippen LogP contribution in [0, 0.1) is 10.1 Å². The molecule has 9 nitrogen and oxygen atoms in total. The highest BCUT2D eigenvalue weighted by atomic mass is 35.5. The van der Waals surface area contributed by atoms with Crippen molar-refractivity contribution in [3.8, 4) is 0 Å². The summed E-state index contributed by atoms with van der Waals surface area (Å²) in [5.74, 6) is 0. The van der Waals surface area contributed by atoms with Crippen LogP contribution in [0.3, 0.4) is 0 Å². The van der Waals surface area contributed by atoms with Crippen molar-refractivity contribution in [3.05, 3.63) is 91.7 Å². The molecule has 192 valence electrons. The highest BCUT2D eigenvalue weighted by Gasteiger charge is 2.36. The van der Waals surface area contributed by atoms with Gasteiger partial charge in [-0.1, -0.05) is 41.4 Å². The molecule has 3 aromatic rings. The van der Waals surface area contributed by atoms with E-state index in [0.29, 0.717) is 10.4 Å². The first-order valence-corrected chi connectivity index (χ1v) is 11.9. The first-order chi connectivity index (χ1) is 16.8. The van der Waals surface area contributed by atoms with Crippen molar-refractivity contribution >= 4 is 44.6 Å². The Bertz CT molecular complexity index is 1410. The van der Waals surface area contributed by atoms with Gasteiger partial charge in [0.15, 0.2) is 0 Å². The molecule has 0 bridgehead atoms. The van der Waals surface area contributed by atoms with Crippen molar-refractivity contribution in [1.82, 2.24) is 4.98 Å². The zero-order valence-corrected chi connectivity index (χ0v) is 20.4. The molecule has 0 amide bonds. The van der Waals surface area contributed by atoms with Gasteiger partial charge >= 0.3 is 6.18 Å². The van der Waals surface area contributed by atoms with Gasteiger partial charge in [-0.25, -0.2) is 12.7 Å². The third-order valence-corrected chi connectivity index (χ3v) is 7.14. The van der Waals surface area contributed by atoms with Crippen LogP contribution >= 0.6 is 23.2 Å². The largest absolute Gasteiger partial charge is 0.844 e. The standard InChI is InChI=1S/C21H15Cl2F3N3O6S/c1-35-11-28(36(33,34)13-6-7-16(23)15(9-13)21(24,25)26)18-8-12(22)10-27-19(18)20(30)14-4-2-3-5-17(14)29(31)32/h2-10,20H,11H2,1H3/q-1. The van der Waals surface area contributed by atoms with E-state index in [0.717, 1.165) is 37.6 Å². The number of anilines is 1. The van der Waals surface area contributed by atoms with E-state index in [2.05, 4.69) is 4.98 Å². The lowest BCUT2D eigenvalue weighted by Crippen LogP contribution is -2.35. The number of rotatable bonds is 8. The summed E-state index contributed by atoms with van der Waals surface area (Å²) < 4.78 is 72.5. The molecule has 15 heteroatoms. The Kier molecular flexibility index (Phi) is 8.10. The lowest BCUT2D eigenvalue weighted by molar-refractivity contribution is -0.421. The number of hydrogen-bond donors (Lipinski definition) is 0. The molecule has 3 rings (SSSR count). The third-order valence-electron chi connectivity index (χ3n) is 4.87. The van der Waals surface area contributed by atoms with Crippen LogP contribution in [0.1, 0.15) is 22.9 Å². The molecule has 1 aromatic heterocycles. The fourth-order valence-corrected chi connectivity index (χ4v) is 5.05. The number of aromatic nitrogens is 1. The fraction of sp³-hybridized carbons (Fsp3) is 0.190. The summed E-state index contributed by atoms with van der Waals surface area (Å²) in [6.45, 7) is -0.759. The molecule has 1 unspecified atom stereocenters. The fourth-order valence-electron chi connectivity index (χ4n) is 3.26. The van der Waals surface area contributed by atoms with Crippen molar-refractivity contribution in [3.63, 3.8) is 0 Å². The van der Waals surface area contributed by atoms with Gasteiger partial charge in [-0.3, -0.25) is 15.1 Å². The number of halogens is 5. The second-order valence-corrected chi connectivity index (χ2v) is 9.87. The maximum Gasteiger partial charge on any atom is 0.417 e. The highest BCUT2D eigenvalue weighted by molar-refractivity contribution is 7.92. The number of sulfonamides is 1. The molecule has 0 aliphatic heterocycles. The number of benzene rings is 2. The minimum atomic E-state index is -4.95. The van der Waals surface area contributed by atoms with Crippen LogP contribution in [0.25, 0.3) is 0 Å². The molecule has 0 saturated heterocycles. The molecule has 0 saturated carbocycles. The summed E-state index contributed by atoms with van der Waals surface area (Å²) in [5.41, 5.74) is -3.17. The molecule has 0 radical (unpaired) electrons. The monoisotopic (exact) mass is 564 g/mol. The molecule has 0 spiro atoms. The molecular formula is C21H15Cl2F3N3O6S-. The van der Waals surface area contributed by atoms with Crippen LogP contribution in [0.4, 0.5) is 24.5 Å². The maximum absolute atomic E-state index is 13.5. The number of hydrogen-bond acceptors (Lipinski definition) is 7. The molecule has 0 N–H and O–H groups in total. The van der Waals surface area contributed by atoms with Gasteiger partial charge in [0.25, 0.3) is 15.7 Å². The average molecular weight is 565 g/mol. The quantitative estimate of drug-likeness (QED) is 0.223. The van der Waals surface area contributed by atoms with Crippen molar-refractivity contribution < 1.29 is 36.4 Å². The van der Waals surface area contributed by atoms with Crippen molar-refractivity contribution in [2.24, 2.45) is 0 Å². The molecule has 1 heterocycles. The first-order valence-electron chi connectivity index (χ1n) is 9.72. The zero-order valence-electron chi connectivity index (χ0n) is 18.1. The van der Waals surface area contributed by atoms with Crippen LogP contribution in [0.5, 0.6) is 0 Å².